The molecule has 1 aliphatic rings. The minimum atomic E-state index is -1.39. The summed E-state index contributed by atoms with van der Waals surface area (Å²) in [5.41, 5.74) is 0.235. The van der Waals surface area contributed by atoms with Crippen molar-refractivity contribution in [1.82, 2.24) is 0 Å². The minimum absolute atomic E-state index is 0.300. The first-order valence-corrected chi connectivity index (χ1v) is 8.24. The molecule has 0 saturated heterocycles. The minimum Gasteiger partial charge on any atom is -0.479 e. The molecule has 1 N–H and O–H groups in total. The van der Waals surface area contributed by atoms with Crippen LogP contribution < -0.4 is 10.4 Å². The maximum absolute atomic E-state index is 12.3. The SMILES string of the molecule is COC1(C(=O)O)CC=c2ccccc2=C1c1cccc2ccccc12. The number of carbonyl (C=O) groups is 1. The Labute approximate surface area is 145 Å². The highest BCUT2D eigenvalue weighted by Gasteiger charge is 2.44. The molecule has 0 saturated carbocycles. The van der Waals surface area contributed by atoms with Crippen LogP contribution in [0.3, 0.4) is 0 Å². The summed E-state index contributed by atoms with van der Waals surface area (Å²) in [4.78, 5) is 12.3. The Morgan fingerprint density at radius 3 is 2.52 bits per heavy atom. The fraction of sp³-hybridized carbons (Fsp3) is 0.136. The molecule has 0 bridgehead atoms. The van der Waals surface area contributed by atoms with Crippen LogP contribution in [0.25, 0.3) is 22.4 Å². The van der Waals surface area contributed by atoms with Gasteiger partial charge >= 0.3 is 5.97 Å². The molecule has 25 heavy (non-hydrogen) atoms. The third-order valence-corrected chi connectivity index (χ3v) is 5.00. The van der Waals surface area contributed by atoms with Gasteiger partial charge in [0.1, 0.15) is 0 Å². The van der Waals surface area contributed by atoms with Crippen LogP contribution in [0.2, 0.25) is 0 Å². The van der Waals surface area contributed by atoms with Gasteiger partial charge in [0, 0.05) is 19.1 Å². The van der Waals surface area contributed by atoms with Gasteiger partial charge in [-0.25, -0.2) is 4.79 Å². The number of carboxylic acids is 1. The van der Waals surface area contributed by atoms with Crippen molar-refractivity contribution < 1.29 is 14.6 Å². The van der Waals surface area contributed by atoms with E-state index in [0.717, 1.165) is 32.3 Å². The van der Waals surface area contributed by atoms with Gasteiger partial charge in [-0.1, -0.05) is 72.8 Å². The van der Waals surface area contributed by atoms with E-state index in [9.17, 15) is 9.90 Å². The monoisotopic (exact) mass is 330 g/mol. The van der Waals surface area contributed by atoms with Crippen molar-refractivity contribution in [2.75, 3.05) is 7.11 Å². The summed E-state index contributed by atoms with van der Waals surface area (Å²) >= 11 is 0. The zero-order valence-corrected chi connectivity index (χ0v) is 13.9. The van der Waals surface area contributed by atoms with Gasteiger partial charge in [-0.15, -0.1) is 0 Å². The van der Waals surface area contributed by atoms with E-state index in [-0.39, 0.29) is 0 Å². The van der Waals surface area contributed by atoms with Crippen LogP contribution in [0.4, 0.5) is 0 Å². The molecule has 0 fully saturated rings. The summed E-state index contributed by atoms with van der Waals surface area (Å²) in [5, 5.41) is 14.1. The highest BCUT2D eigenvalue weighted by atomic mass is 16.5. The van der Waals surface area contributed by atoms with Gasteiger partial charge in [0.25, 0.3) is 0 Å². The van der Waals surface area contributed by atoms with E-state index >= 15 is 0 Å². The number of carboxylic acid groups (broad SMARTS) is 1. The standard InChI is InChI=1S/C22H18O3/c1-25-22(21(23)24)14-13-16-8-3-5-11-18(16)20(22)19-12-6-9-15-7-2-4-10-17(15)19/h2-13H,14H2,1H3,(H,23,24). The topological polar surface area (TPSA) is 46.5 Å². The number of benzene rings is 3. The molecule has 4 rings (SSSR count). The molecule has 0 radical (unpaired) electrons. The molecule has 0 heterocycles. The Bertz CT molecular complexity index is 1090. The largest absolute Gasteiger partial charge is 0.479 e. The van der Waals surface area contributed by atoms with Gasteiger partial charge < -0.3 is 9.84 Å². The molecule has 1 aliphatic carbocycles. The van der Waals surface area contributed by atoms with Crippen LogP contribution in [-0.2, 0) is 9.53 Å². The van der Waals surface area contributed by atoms with E-state index in [1.54, 1.807) is 0 Å². The van der Waals surface area contributed by atoms with Crippen LogP contribution in [0.1, 0.15) is 12.0 Å². The molecule has 3 aromatic rings. The maximum Gasteiger partial charge on any atom is 0.341 e. The first kappa shape index (κ1) is 15.6. The second-order valence-corrected chi connectivity index (χ2v) is 6.23. The molecule has 0 spiro atoms. The number of hydrogen-bond donors (Lipinski definition) is 1. The highest BCUT2D eigenvalue weighted by Crippen LogP contribution is 2.36. The third kappa shape index (κ3) is 2.28. The van der Waals surface area contributed by atoms with Gasteiger partial charge in [0.2, 0.25) is 0 Å². The molecule has 3 heteroatoms. The van der Waals surface area contributed by atoms with Crippen molar-refractivity contribution in [1.29, 1.82) is 0 Å². The molecule has 0 amide bonds. The lowest BCUT2D eigenvalue weighted by molar-refractivity contribution is -0.154. The first-order valence-electron chi connectivity index (χ1n) is 8.24. The second kappa shape index (κ2) is 5.87. The van der Waals surface area contributed by atoms with Crippen molar-refractivity contribution in [3.63, 3.8) is 0 Å². The van der Waals surface area contributed by atoms with Crippen molar-refractivity contribution in [3.05, 3.63) is 82.7 Å². The molecule has 124 valence electrons. The molecule has 0 aliphatic heterocycles. The summed E-state index contributed by atoms with van der Waals surface area (Å²) in [5.74, 6) is -0.969. The van der Waals surface area contributed by atoms with Crippen molar-refractivity contribution in [2.45, 2.75) is 12.0 Å². The number of fused-ring (bicyclic) bond motifs is 2. The normalized spacial score (nSPS) is 19.3. The molecule has 1 unspecified atom stereocenters. The fourth-order valence-electron chi connectivity index (χ4n) is 3.75. The lowest BCUT2D eigenvalue weighted by Crippen LogP contribution is -2.49. The average molecular weight is 330 g/mol. The second-order valence-electron chi connectivity index (χ2n) is 6.23. The van der Waals surface area contributed by atoms with Gasteiger partial charge in [0.05, 0.1) is 0 Å². The Morgan fingerprint density at radius 2 is 1.72 bits per heavy atom. The van der Waals surface area contributed by atoms with E-state index in [1.807, 2.05) is 72.8 Å². The third-order valence-electron chi connectivity index (χ3n) is 5.00. The van der Waals surface area contributed by atoms with Crippen molar-refractivity contribution >= 4 is 28.4 Å². The fourth-order valence-corrected chi connectivity index (χ4v) is 3.75. The van der Waals surface area contributed by atoms with E-state index in [0.29, 0.717) is 6.42 Å². The van der Waals surface area contributed by atoms with Crippen molar-refractivity contribution in [2.24, 2.45) is 0 Å². The Morgan fingerprint density at radius 1 is 1.00 bits per heavy atom. The van der Waals surface area contributed by atoms with E-state index in [4.69, 9.17) is 4.74 Å². The van der Waals surface area contributed by atoms with Crippen LogP contribution >= 0.6 is 0 Å². The summed E-state index contributed by atoms with van der Waals surface area (Å²) < 4.78 is 5.65. The molecular formula is C22H18O3. The summed E-state index contributed by atoms with van der Waals surface area (Å²) in [6, 6.07) is 21.9. The van der Waals surface area contributed by atoms with Crippen molar-refractivity contribution in [3.8, 4) is 0 Å². The van der Waals surface area contributed by atoms with Crippen LogP contribution in [-0.4, -0.2) is 23.8 Å². The van der Waals surface area contributed by atoms with E-state index < -0.39 is 11.6 Å². The zero-order valence-electron chi connectivity index (χ0n) is 13.9. The van der Waals surface area contributed by atoms with Crippen LogP contribution in [0, 0.1) is 0 Å². The molecule has 3 nitrogen and oxygen atoms in total. The summed E-state index contributed by atoms with van der Waals surface area (Å²) in [6.07, 6.45) is 2.25. The predicted octanol–water partition coefficient (Wildman–Crippen LogP) is 2.69. The van der Waals surface area contributed by atoms with E-state index in [2.05, 4.69) is 0 Å². The number of methoxy groups -OCH3 is 1. The zero-order chi connectivity index (χ0) is 17.4. The van der Waals surface area contributed by atoms with Crippen LogP contribution in [0.5, 0.6) is 0 Å². The Hall–Kier alpha value is -2.91. The molecule has 0 aromatic heterocycles. The van der Waals surface area contributed by atoms with Gasteiger partial charge in [-0.2, -0.15) is 0 Å². The average Bonchev–Trinajstić information content (AvgIpc) is 2.66. The highest BCUT2D eigenvalue weighted by molar-refractivity contribution is 6.03. The van der Waals surface area contributed by atoms with Gasteiger partial charge in [-0.3, -0.25) is 0 Å². The Balaban J connectivity index is 2.21. The number of hydrogen-bond acceptors (Lipinski definition) is 2. The predicted molar refractivity (Wildman–Crippen MR) is 98.6 cm³/mol. The number of ether oxygens (including phenoxy) is 1. The van der Waals surface area contributed by atoms with Crippen LogP contribution in [0.15, 0.2) is 66.7 Å². The Kier molecular flexibility index (Phi) is 3.66. The van der Waals surface area contributed by atoms with Gasteiger partial charge in [0.15, 0.2) is 5.60 Å². The van der Waals surface area contributed by atoms with Gasteiger partial charge in [-0.05, 0) is 26.8 Å². The number of aliphatic carboxylic acids is 1. The van der Waals surface area contributed by atoms with E-state index in [1.165, 1.54) is 7.11 Å². The lowest BCUT2D eigenvalue weighted by Gasteiger charge is -2.33. The molecular weight excluding hydrogens is 312 g/mol. The summed E-state index contributed by atoms with van der Waals surface area (Å²) in [6.45, 7) is 0. The molecule has 3 aromatic carbocycles. The summed E-state index contributed by atoms with van der Waals surface area (Å²) in [7, 11) is 1.47. The quantitative estimate of drug-likeness (QED) is 0.803. The maximum atomic E-state index is 12.3. The molecule has 1 atom stereocenters. The first-order chi connectivity index (χ1) is 12.2. The lowest BCUT2D eigenvalue weighted by atomic mass is 9.79. The smallest absolute Gasteiger partial charge is 0.341 e. The number of rotatable bonds is 3.